The fraction of sp³-hybridized carbons (Fsp3) is 0.389. The van der Waals surface area contributed by atoms with E-state index in [1.165, 1.54) is 12.1 Å². The molecule has 24 heavy (non-hydrogen) atoms. The van der Waals surface area contributed by atoms with E-state index >= 15 is 0 Å². The van der Waals surface area contributed by atoms with Gasteiger partial charge in [-0.3, -0.25) is 4.79 Å². The van der Waals surface area contributed by atoms with Gasteiger partial charge in [-0.2, -0.15) is 0 Å². The number of hydrogen-bond donors (Lipinski definition) is 2. The molecule has 2 heterocycles. The summed E-state index contributed by atoms with van der Waals surface area (Å²) in [6.07, 6.45) is 5.73. The van der Waals surface area contributed by atoms with Gasteiger partial charge in [0.05, 0.1) is 5.56 Å². The Bertz CT molecular complexity index is 669. The van der Waals surface area contributed by atoms with E-state index in [1.807, 2.05) is 11.9 Å². The van der Waals surface area contributed by atoms with Crippen molar-refractivity contribution in [1.29, 1.82) is 0 Å². The molecule has 130 valence electrons. The topological polar surface area (TPSA) is 48.1 Å². The van der Waals surface area contributed by atoms with Crippen molar-refractivity contribution in [2.45, 2.75) is 12.8 Å². The molecule has 1 aromatic heterocycles. The Morgan fingerprint density at radius 2 is 2.08 bits per heavy atom. The number of rotatable bonds is 4. The van der Waals surface area contributed by atoms with Gasteiger partial charge in [0.15, 0.2) is 0 Å². The molecule has 0 radical (unpaired) electrons. The fourth-order valence-electron chi connectivity index (χ4n) is 3.28. The summed E-state index contributed by atoms with van der Waals surface area (Å²) >= 11 is 0. The van der Waals surface area contributed by atoms with Crippen LogP contribution in [-0.2, 0) is 0 Å². The zero-order valence-electron chi connectivity index (χ0n) is 13.7. The number of carbonyl (C=O) groups is 1. The Hall–Kier alpha value is -1.85. The van der Waals surface area contributed by atoms with E-state index < -0.39 is 0 Å². The van der Waals surface area contributed by atoms with Crippen molar-refractivity contribution < 1.29 is 9.18 Å². The number of hydrogen-bond acceptors (Lipinski definition) is 2. The lowest BCUT2D eigenvalue weighted by molar-refractivity contribution is 0.0675. The van der Waals surface area contributed by atoms with Crippen LogP contribution in [0.5, 0.6) is 0 Å². The van der Waals surface area contributed by atoms with Gasteiger partial charge in [-0.15, -0.1) is 12.4 Å². The van der Waals surface area contributed by atoms with Gasteiger partial charge in [0, 0.05) is 31.0 Å². The number of nitrogens with one attached hydrogen (secondary N) is 2. The smallest absolute Gasteiger partial charge is 0.256 e. The van der Waals surface area contributed by atoms with Gasteiger partial charge in [-0.05, 0) is 50.0 Å². The second-order valence-corrected chi connectivity index (χ2v) is 6.11. The minimum absolute atomic E-state index is 0. The van der Waals surface area contributed by atoms with Crippen molar-refractivity contribution in [2.75, 3.05) is 26.7 Å². The molecule has 0 spiro atoms. The molecular weight excluding hydrogens is 329 g/mol. The molecule has 2 N–H and O–H groups in total. The molecule has 1 aliphatic rings. The van der Waals surface area contributed by atoms with E-state index in [1.54, 1.807) is 24.5 Å². The highest BCUT2D eigenvalue weighted by molar-refractivity contribution is 6.00. The molecule has 0 bridgehead atoms. The molecule has 1 fully saturated rings. The predicted molar refractivity (Wildman–Crippen MR) is 96.0 cm³/mol. The first-order chi connectivity index (χ1) is 11.2. The predicted octanol–water partition coefficient (Wildman–Crippen LogP) is 3.31. The lowest BCUT2D eigenvalue weighted by Gasteiger charge is -2.32. The average molecular weight is 352 g/mol. The average Bonchev–Trinajstić information content (AvgIpc) is 3.05. The Labute approximate surface area is 147 Å². The molecule has 2 aromatic rings. The first-order valence-corrected chi connectivity index (χ1v) is 8.05. The van der Waals surface area contributed by atoms with Crippen molar-refractivity contribution in [2.24, 2.45) is 5.92 Å². The van der Waals surface area contributed by atoms with Crippen LogP contribution in [0, 0.1) is 11.7 Å². The molecule has 1 atom stereocenters. The Kier molecular flexibility index (Phi) is 6.40. The van der Waals surface area contributed by atoms with Crippen molar-refractivity contribution in [3.63, 3.8) is 0 Å². The monoisotopic (exact) mass is 351 g/mol. The molecule has 1 unspecified atom stereocenters. The molecule has 1 aromatic carbocycles. The fourth-order valence-corrected chi connectivity index (χ4v) is 3.28. The molecule has 0 saturated carbocycles. The van der Waals surface area contributed by atoms with Crippen LogP contribution in [-0.4, -0.2) is 42.5 Å². The summed E-state index contributed by atoms with van der Waals surface area (Å²) in [5, 5.41) is 3.19. The van der Waals surface area contributed by atoms with Gasteiger partial charge in [0.25, 0.3) is 5.91 Å². The molecule has 3 rings (SSSR count). The zero-order valence-corrected chi connectivity index (χ0v) is 14.5. The van der Waals surface area contributed by atoms with E-state index in [0.717, 1.165) is 43.6 Å². The normalized spacial score (nSPS) is 17.4. The Morgan fingerprint density at radius 1 is 1.33 bits per heavy atom. The van der Waals surface area contributed by atoms with Crippen molar-refractivity contribution in [1.82, 2.24) is 15.2 Å². The highest BCUT2D eigenvalue weighted by atomic mass is 35.5. The summed E-state index contributed by atoms with van der Waals surface area (Å²) in [7, 11) is 1.94. The third kappa shape index (κ3) is 3.97. The first kappa shape index (κ1) is 18.5. The third-order valence-electron chi connectivity index (χ3n) is 4.43. The van der Waals surface area contributed by atoms with Gasteiger partial charge in [0.1, 0.15) is 5.82 Å². The van der Waals surface area contributed by atoms with Crippen LogP contribution in [0.25, 0.3) is 11.1 Å². The van der Waals surface area contributed by atoms with Crippen LogP contribution in [0.2, 0.25) is 0 Å². The summed E-state index contributed by atoms with van der Waals surface area (Å²) in [4.78, 5) is 17.8. The van der Waals surface area contributed by atoms with Crippen LogP contribution in [0.15, 0.2) is 36.7 Å². The highest BCUT2D eigenvalue weighted by Crippen LogP contribution is 2.26. The summed E-state index contributed by atoms with van der Waals surface area (Å²) in [6.45, 7) is 2.52. The number of nitrogens with zero attached hydrogens (tertiary/aromatic N) is 1. The maximum absolute atomic E-state index is 13.1. The second-order valence-electron chi connectivity index (χ2n) is 6.11. The number of amides is 1. The Morgan fingerprint density at radius 3 is 2.79 bits per heavy atom. The van der Waals surface area contributed by atoms with Crippen molar-refractivity contribution >= 4 is 18.3 Å². The number of carbonyl (C=O) groups excluding carboxylic acids is 1. The SMILES string of the molecule is CNCC1CCCN(C(=O)c2c[nH]cc2-c2ccc(F)cc2)C1.Cl. The lowest BCUT2D eigenvalue weighted by Crippen LogP contribution is -2.42. The summed E-state index contributed by atoms with van der Waals surface area (Å²) in [5.74, 6) is 0.278. The van der Waals surface area contributed by atoms with Crippen molar-refractivity contribution in [3.05, 3.63) is 48.0 Å². The largest absolute Gasteiger partial charge is 0.366 e. The number of benzene rings is 1. The highest BCUT2D eigenvalue weighted by Gasteiger charge is 2.26. The lowest BCUT2D eigenvalue weighted by atomic mass is 9.96. The van der Waals surface area contributed by atoms with Gasteiger partial charge in [-0.25, -0.2) is 4.39 Å². The van der Waals surface area contributed by atoms with Crippen LogP contribution < -0.4 is 5.32 Å². The van der Waals surface area contributed by atoms with Gasteiger partial charge in [0.2, 0.25) is 0 Å². The summed E-state index contributed by atoms with van der Waals surface area (Å²) in [6, 6.07) is 6.24. The minimum atomic E-state index is -0.275. The van der Waals surface area contributed by atoms with Crippen LogP contribution >= 0.6 is 12.4 Å². The summed E-state index contributed by atoms with van der Waals surface area (Å²) in [5.41, 5.74) is 2.33. The molecule has 6 heteroatoms. The number of aromatic nitrogens is 1. The number of H-pyrrole nitrogens is 1. The zero-order chi connectivity index (χ0) is 16.2. The second kappa shape index (κ2) is 8.31. The molecule has 1 amide bonds. The first-order valence-electron chi connectivity index (χ1n) is 8.05. The molecule has 0 aliphatic carbocycles. The maximum atomic E-state index is 13.1. The number of halogens is 2. The quantitative estimate of drug-likeness (QED) is 0.887. The molecule has 1 saturated heterocycles. The van der Waals surface area contributed by atoms with Gasteiger partial charge >= 0.3 is 0 Å². The Balaban J connectivity index is 0.00000208. The molecule has 4 nitrogen and oxygen atoms in total. The van der Waals surface area contributed by atoms with Gasteiger partial charge < -0.3 is 15.2 Å². The standard InChI is InChI=1S/C18H22FN3O.ClH/c1-20-9-13-3-2-8-22(12-13)18(23)17-11-21-10-16(17)14-4-6-15(19)7-5-14;/h4-7,10-11,13,20-21H,2-3,8-9,12H2,1H3;1H. The number of piperidine rings is 1. The van der Waals surface area contributed by atoms with Crippen molar-refractivity contribution in [3.8, 4) is 11.1 Å². The van der Waals surface area contributed by atoms with E-state index in [0.29, 0.717) is 11.5 Å². The van der Waals surface area contributed by atoms with E-state index in [4.69, 9.17) is 0 Å². The van der Waals surface area contributed by atoms with Crippen LogP contribution in [0.1, 0.15) is 23.2 Å². The minimum Gasteiger partial charge on any atom is -0.366 e. The summed E-state index contributed by atoms with van der Waals surface area (Å²) < 4.78 is 13.1. The van der Waals surface area contributed by atoms with Crippen LogP contribution in [0.3, 0.4) is 0 Å². The maximum Gasteiger partial charge on any atom is 0.256 e. The molecular formula is C18H23ClFN3O. The van der Waals surface area contributed by atoms with E-state index in [-0.39, 0.29) is 24.1 Å². The molecule has 1 aliphatic heterocycles. The van der Waals surface area contributed by atoms with E-state index in [9.17, 15) is 9.18 Å². The third-order valence-corrected chi connectivity index (χ3v) is 4.43. The van der Waals surface area contributed by atoms with Gasteiger partial charge in [-0.1, -0.05) is 12.1 Å². The number of likely N-dealkylation sites (tertiary alicyclic amines) is 1. The number of aromatic amines is 1. The van der Waals surface area contributed by atoms with Crippen LogP contribution in [0.4, 0.5) is 4.39 Å². The van der Waals surface area contributed by atoms with E-state index in [2.05, 4.69) is 10.3 Å².